The first-order valence-corrected chi connectivity index (χ1v) is 8.50. The van der Waals surface area contributed by atoms with E-state index >= 15 is 0 Å². The van der Waals surface area contributed by atoms with Gasteiger partial charge in [0.2, 0.25) is 5.90 Å². The van der Waals surface area contributed by atoms with E-state index in [1.807, 2.05) is 42.5 Å². The monoisotopic (exact) mass is 347 g/mol. The highest BCUT2D eigenvalue weighted by molar-refractivity contribution is 6.11. The first-order chi connectivity index (χ1) is 12.6. The van der Waals surface area contributed by atoms with Gasteiger partial charge in [-0.3, -0.25) is 0 Å². The summed E-state index contributed by atoms with van der Waals surface area (Å²) in [7, 11) is 1.62. The normalized spacial score (nSPS) is 15.6. The summed E-state index contributed by atoms with van der Waals surface area (Å²) >= 11 is 0. The van der Waals surface area contributed by atoms with Gasteiger partial charge in [0.25, 0.3) is 0 Å². The van der Waals surface area contributed by atoms with Crippen molar-refractivity contribution in [3.8, 4) is 5.75 Å². The summed E-state index contributed by atoms with van der Waals surface area (Å²) in [6, 6.07) is 15.7. The fourth-order valence-corrected chi connectivity index (χ4v) is 2.60. The van der Waals surface area contributed by atoms with Crippen molar-refractivity contribution in [2.75, 3.05) is 7.11 Å². The third kappa shape index (κ3) is 4.09. The number of carbonyl (C=O) groups excluding carboxylic acids is 1. The molecule has 0 saturated heterocycles. The molecule has 1 aliphatic heterocycles. The quantitative estimate of drug-likeness (QED) is 0.575. The van der Waals surface area contributed by atoms with Crippen LogP contribution in [-0.4, -0.2) is 19.0 Å². The number of nitrogens with zero attached hydrogens (tertiary/aromatic N) is 1. The van der Waals surface area contributed by atoms with Gasteiger partial charge >= 0.3 is 5.97 Å². The second-order valence-electron chi connectivity index (χ2n) is 6.27. The van der Waals surface area contributed by atoms with Crippen LogP contribution in [0.15, 0.2) is 65.3 Å². The van der Waals surface area contributed by atoms with E-state index in [-0.39, 0.29) is 5.90 Å². The minimum atomic E-state index is -0.447. The lowest BCUT2D eigenvalue weighted by Gasteiger charge is -2.04. The summed E-state index contributed by atoms with van der Waals surface area (Å²) in [6.07, 6.45) is 5.21. The number of cyclic esters (lactones) is 1. The first-order valence-electron chi connectivity index (χ1n) is 8.50. The summed E-state index contributed by atoms with van der Waals surface area (Å²) in [5.41, 5.74) is 3.35. The van der Waals surface area contributed by atoms with Crippen molar-refractivity contribution >= 4 is 24.0 Å². The topological polar surface area (TPSA) is 47.9 Å². The Bertz CT molecular complexity index is 890. The third-order valence-corrected chi connectivity index (χ3v) is 4.09. The molecule has 1 aliphatic rings. The molecule has 4 heteroatoms. The van der Waals surface area contributed by atoms with Crippen LogP contribution in [0.3, 0.4) is 0 Å². The fraction of sp³-hybridized carbons (Fsp3) is 0.182. The van der Waals surface area contributed by atoms with Gasteiger partial charge in [-0.25, -0.2) is 9.79 Å². The standard InChI is InChI=1S/C22H21NO3/c1-15(2)17-10-8-16(9-11-17)14-19-22(24)26-21(23-19)13-12-18-6-4-5-7-20(18)25-3/h4-15H,1-3H3. The number of para-hydroxylation sites is 1. The second kappa shape index (κ2) is 7.83. The van der Waals surface area contributed by atoms with E-state index in [9.17, 15) is 4.79 Å². The summed E-state index contributed by atoms with van der Waals surface area (Å²) in [5, 5.41) is 0. The van der Waals surface area contributed by atoms with Crippen LogP contribution in [0.1, 0.15) is 36.5 Å². The summed E-state index contributed by atoms with van der Waals surface area (Å²) in [5.74, 6) is 1.04. The van der Waals surface area contributed by atoms with Gasteiger partial charge in [-0.1, -0.05) is 56.3 Å². The number of benzene rings is 2. The van der Waals surface area contributed by atoms with Gasteiger partial charge in [-0.2, -0.15) is 0 Å². The van der Waals surface area contributed by atoms with Gasteiger partial charge in [0, 0.05) is 11.6 Å². The van der Waals surface area contributed by atoms with Crippen molar-refractivity contribution in [3.05, 3.63) is 77.0 Å². The molecule has 2 aromatic rings. The number of rotatable bonds is 5. The molecular formula is C22H21NO3. The Hall–Kier alpha value is -3.14. The maximum Gasteiger partial charge on any atom is 0.363 e. The first kappa shape index (κ1) is 17.7. The van der Waals surface area contributed by atoms with E-state index in [1.54, 1.807) is 19.3 Å². The lowest BCUT2D eigenvalue weighted by atomic mass is 10.0. The van der Waals surface area contributed by atoms with Gasteiger partial charge in [-0.15, -0.1) is 0 Å². The molecule has 0 aromatic heterocycles. The molecule has 0 atom stereocenters. The highest BCUT2D eigenvalue weighted by Gasteiger charge is 2.21. The van der Waals surface area contributed by atoms with Crippen molar-refractivity contribution < 1.29 is 14.3 Å². The predicted molar refractivity (Wildman–Crippen MR) is 104 cm³/mol. The molecule has 4 nitrogen and oxygen atoms in total. The van der Waals surface area contributed by atoms with Crippen molar-refractivity contribution in [1.82, 2.24) is 0 Å². The molecule has 132 valence electrons. The maximum absolute atomic E-state index is 12.0. The van der Waals surface area contributed by atoms with Crippen molar-refractivity contribution in [1.29, 1.82) is 0 Å². The van der Waals surface area contributed by atoms with Crippen LogP contribution < -0.4 is 4.74 Å². The minimum Gasteiger partial charge on any atom is -0.496 e. The van der Waals surface area contributed by atoms with Crippen molar-refractivity contribution in [3.63, 3.8) is 0 Å². The zero-order valence-corrected chi connectivity index (χ0v) is 15.1. The number of aliphatic imine (C=N–C) groups is 1. The largest absolute Gasteiger partial charge is 0.496 e. The molecule has 3 rings (SSSR count). The number of carbonyl (C=O) groups is 1. The van der Waals surface area contributed by atoms with E-state index in [1.165, 1.54) is 5.56 Å². The molecule has 26 heavy (non-hydrogen) atoms. The Labute approximate surface area is 153 Å². The summed E-state index contributed by atoms with van der Waals surface area (Å²) < 4.78 is 10.5. The van der Waals surface area contributed by atoms with Crippen LogP contribution in [0, 0.1) is 0 Å². The number of esters is 1. The summed E-state index contributed by atoms with van der Waals surface area (Å²) in [6.45, 7) is 4.29. The molecular weight excluding hydrogens is 326 g/mol. The summed E-state index contributed by atoms with van der Waals surface area (Å²) in [4.78, 5) is 16.3. The third-order valence-electron chi connectivity index (χ3n) is 4.09. The Morgan fingerprint density at radius 2 is 1.77 bits per heavy atom. The van der Waals surface area contributed by atoms with Crippen LogP contribution >= 0.6 is 0 Å². The zero-order chi connectivity index (χ0) is 18.5. The molecule has 0 spiro atoms. The average molecular weight is 347 g/mol. The van der Waals surface area contributed by atoms with E-state index in [0.717, 1.165) is 16.9 Å². The fourth-order valence-electron chi connectivity index (χ4n) is 2.60. The molecule has 0 N–H and O–H groups in total. The Morgan fingerprint density at radius 3 is 2.46 bits per heavy atom. The molecule has 0 amide bonds. The molecule has 0 unspecified atom stereocenters. The van der Waals surface area contributed by atoms with E-state index in [0.29, 0.717) is 11.6 Å². The maximum atomic E-state index is 12.0. The van der Waals surface area contributed by atoms with Gasteiger partial charge in [0.1, 0.15) is 5.75 Å². The van der Waals surface area contributed by atoms with Crippen LogP contribution in [0.2, 0.25) is 0 Å². The smallest absolute Gasteiger partial charge is 0.363 e. The highest BCUT2D eigenvalue weighted by atomic mass is 16.6. The zero-order valence-electron chi connectivity index (χ0n) is 15.1. The van der Waals surface area contributed by atoms with Crippen LogP contribution in [0.5, 0.6) is 5.75 Å². The predicted octanol–water partition coefficient (Wildman–Crippen LogP) is 4.83. The van der Waals surface area contributed by atoms with Crippen molar-refractivity contribution in [2.45, 2.75) is 19.8 Å². The van der Waals surface area contributed by atoms with Gasteiger partial charge < -0.3 is 9.47 Å². The van der Waals surface area contributed by atoms with E-state index in [4.69, 9.17) is 9.47 Å². The van der Waals surface area contributed by atoms with Crippen LogP contribution in [-0.2, 0) is 9.53 Å². The number of ether oxygens (including phenoxy) is 2. The molecule has 0 radical (unpaired) electrons. The molecule has 1 heterocycles. The molecule has 0 fully saturated rings. The lowest BCUT2D eigenvalue weighted by molar-refractivity contribution is -0.129. The van der Waals surface area contributed by atoms with Gasteiger partial charge in [0.05, 0.1) is 7.11 Å². The minimum absolute atomic E-state index is 0.269. The second-order valence-corrected chi connectivity index (χ2v) is 6.27. The molecule has 2 aromatic carbocycles. The van der Waals surface area contributed by atoms with E-state index < -0.39 is 5.97 Å². The number of methoxy groups -OCH3 is 1. The Morgan fingerprint density at radius 1 is 1.04 bits per heavy atom. The van der Waals surface area contributed by atoms with Gasteiger partial charge in [-0.05, 0) is 35.3 Å². The average Bonchev–Trinajstić information content (AvgIpc) is 3.00. The van der Waals surface area contributed by atoms with Crippen LogP contribution in [0.25, 0.3) is 12.2 Å². The highest BCUT2D eigenvalue weighted by Crippen LogP contribution is 2.21. The van der Waals surface area contributed by atoms with Crippen molar-refractivity contribution in [2.24, 2.45) is 4.99 Å². The van der Waals surface area contributed by atoms with Crippen LogP contribution in [0.4, 0.5) is 0 Å². The SMILES string of the molecule is COc1ccccc1C=CC1=NC(=Cc2ccc(C(C)C)cc2)C(=O)O1. The molecule has 0 saturated carbocycles. The lowest BCUT2D eigenvalue weighted by Crippen LogP contribution is -2.01. The molecule has 0 bridgehead atoms. The number of hydrogen-bond acceptors (Lipinski definition) is 4. The molecule has 0 aliphatic carbocycles. The Balaban J connectivity index is 1.79. The van der Waals surface area contributed by atoms with E-state index in [2.05, 4.69) is 31.0 Å². The van der Waals surface area contributed by atoms with Gasteiger partial charge in [0.15, 0.2) is 5.70 Å². The number of hydrogen-bond donors (Lipinski definition) is 0. The Kier molecular flexibility index (Phi) is 5.32.